The van der Waals surface area contributed by atoms with Crippen LogP contribution in [0.2, 0.25) is 0 Å². The summed E-state index contributed by atoms with van der Waals surface area (Å²) in [5.74, 6) is 0.530. The average Bonchev–Trinajstić information content (AvgIpc) is 2.36. The third kappa shape index (κ3) is 9.22. The van der Waals surface area contributed by atoms with Crippen LogP contribution in [0, 0.1) is 10.8 Å². The molecule has 0 aliphatic carbocycles. The van der Waals surface area contributed by atoms with Crippen molar-refractivity contribution in [3.8, 4) is 0 Å². The zero-order valence-corrected chi connectivity index (χ0v) is 14.8. The lowest BCUT2D eigenvalue weighted by molar-refractivity contribution is 0.134. The summed E-state index contributed by atoms with van der Waals surface area (Å²) in [4.78, 5) is 0. The fraction of sp³-hybridized carbons (Fsp3) is 1.00. The van der Waals surface area contributed by atoms with E-state index < -0.39 is 16.6 Å². The second kappa shape index (κ2) is 9.29. The molecule has 2 unspecified atom stereocenters. The van der Waals surface area contributed by atoms with Gasteiger partial charge in [-0.05, 0) is 35.9 Å². The van der Waals surface area contributed by atoms with Crippen LogP contribution in [0.25, 0.3) is 0 Å². The maximum Gasteiger partial charge on any atom is 0.213 e. The molecule has 4 heteroatoms. The van der Waals surface area contributed by atoms with Crippen LogP contribution >= 0.6 is 0 Å². The Morgan fingerprint density at radius 1 is 1.05 bits per heavy atom. The molecule has 20 heavy (non-hydrogen) atoms. The van der Waals surface area contributed by atoms with Gasteiger partial charge in [0, 0.05) is 18.4 Å². The van der Waals surface area contributed by atoms with E-state index in [0.29, 0.717) is 12.2 Å². The maximum atomic E-state index is 12.2. The molecule has 3 nitrogen and oxygen atoms in total. The van der Waals surface area contributed by atoms with Crippen LogP contribution in [-0.2, 0) is 11.2 Å². The summed E-state index contributed by atoms with van der Waals surface area (Å²) in [6.07, 6.45) is 5.59. The Bertz CT molecular complexity index is 254. The van der Waals surface area contributed by atoms with Crippen molar-refractivity contribution in [2.45, 2.75) is 78.6 Å². The molecule has 0 bridgehead atoms. The standard InChI is InChI=1S/C16H34O3S/c1-6-7-8-9-14(18)20(19)13-16(4,5)11-10-15(2,3)12-17/h14,17-18H,6-13H2,1-5H3. The number of hydrogen-bond acceptors (Lipinski definition) is 3. The molecular formula is C16H34O3S. The quantitative estimate of drug-likeness (QED) is 0.454. The van der Waals surface area contributed by atoms with Gasteiger partial charge in [-0.25, -0.2) is 0 Å². The van der Waals surface area contributed by atoms with Crippen LogP contribution in [0.4, 0.5) is 0 Å². The van der Waals surface area contributed by atoms with E-state index in [-0.39, 0.29) is 17.4 Å². The number of aliphatic hydroxyl groups is 2. The lowest BCUT2D eigenvalue weighted by Gasteiger charge is -2.31. The normalized spacial score (nSPS) is 16.2. The first-order valence-electron chi connectivity index (χ1n) is 7.80. The highest BCUT2D eigenvalue weighted by atomic mass is 32.2. The molecule has 2 N–H and O–H groups in total. The molecule has 2 atom stereocenters. The Morgan fingerprint density at radius 2 is 1.60 bits per heavy atom. The van der Waals surface area contributed by atoms with Crippen LogP contribution in [-0.4, -0.2) is 32.6 Å². The van der Waals surface area contributed by atoms with Gasteiger partial charge in [0.15, 0.2) is 0 Å². The molecule has 0 aliphatic heterocycles. The topological polar surface area (TPSA) is 63.5 Å². The molecule has 0 aromatic carbocycles. The molecule has 0 aliphatic rings. The summed E-state index contributed by atoms with van der Waals surface area (Å²) in [7, 11) is 0. The summed E-state index contributed by atoms with van der Waals surface area (Å²) < 4.78 is 12.2. The van der Waals surface area contributed by atoms with Crippen LogP contribution in [0.5, 0.6) is 0 Å². The minimum atomic E-state index is -1.17. The van der Waals surface area contributed by atoms with Crippen molar-refractivity contribution < 1.29 is 14.8 Å². The predicted octanol–water partition coefficient (Wildman–Crippen LogP) is 3.46. The van der Waals surface area contributed by atoms with E-state index in [1.54, 1.807) is 0 Å². The summed E-state index contributed by atoms with van der Waals surface area (Å²) in [5, 5.41) is 19.2. The van der Waals surface area contributed by atoms with Crippen molar-refractivity contribution >= 4 is 11.2 Å². The van der Waals surface area contributed by atoms with Crippen molar-refractivity contribution in [3.63, 3.8) is 0 Å². The van der Waals surface area contributed by atoms with E-state index in [1.165, 1.54) is 0 Å². The third-order valence-corrected chi connectivity index (χ3v) is 5.71. The number of unbranched alkanes of at least 4 members (excludes halogenated alkanes) is 2. The van der Waals surface area contributed by atoms with Gasteiger partial charge in [0.05, 0.1) is 0 Å². The van der Waals surface area contributed by atoms with Gasteiger partial charge in [0.1, 0.15) is 5.75 Å². The lowest BCUT2D eigenvalue weighted by Crippen LogP contribution is -2.33. The van der Waals surface area contributed by atoms with E-state index in [4.69, 9.17) is 0 Å². The van der Waals surface area contributed by atoms with Crippen LogP contribution < -0.4 is 0 Å². The van der Waals surface area contributed by atoms with E-state index >= 15 is 0 Å². The Labute approximate surface area is 128 Å². The highest BCUT2D eigenvalue weighted by Gasteiger charge is 2.31. The molecule has 0 saturated heterocycles. The minimum absolute atomic E-state index is 0.0664. The van der Waals surface area contributed by atoms with Crippen molar-refractivity contribution in [2.75, 3.05) is 12.4 Å². The molecule has 0 spiro atoms. The van der Waals surface area contributed by atoms with E-state index in [0.717, 1.165) is 32.1 Å². The number of rotatable bonds is 11. The molecule has 0 aromatic heterocycles. The van der Waals surface area contributed by atoms with Crippen molar-refractivity contribution in [2.24, 2.45) is 10.8 Å². The fourth-order valence-corrected chi connectivity index (χ4v) is 3.55. The molecule has 122 valence electrons. The zero-order valence-electron chi connectivity index (χ0n) is 13.9. The monoisotopic (exact) mass is 306 g/mol. The molecule has 0 fully saturated rings. The van der Waals surface area contributed by atoms with Gasteiger partial charge >= 0.3 is 0 Å². The van der Waals surface area contributed by atoms with E-state index in [2.05, 4.69) is 20.8 Å². The number of aliphatic hydroxyl groups excluding tert-OH is 2. The highest BCUT2D eigenvalue weighted by molar-refractivity contribution is 7.91. The van der Waals surface area contributed by atoms with Crippen molar-refractivity contribution in [1.29, 1.82) is 0 Å². The molecule has 0 amide bonds. The molecule has 0 radical (unpaired) electrons. The van der Waals surface area contributed by atoms with Gasteiger partial charge in [-0.2, -0.15) is 0 Å². The predicted molar refractivity (Wildman–Crippen MR) is 87.0 cm³/mol. The molecular weight excluding hydrogens is 272 g/mol. The largest absolute Gasteiger partial charge is 0.614 e. The Balaban J connectivity index is 4.16. The Morgan fingerprint density at radius 3 is 2.10 bits per heavy atom. The summed E-state index contributed by atoms with van der Waals surface area (Å²) in [6, 6.07) is 0. The number of hydrogen-bond donors (Lipinski definition) is 2. The molecule has 0 aromatic rings. The first kappa shape index (κ1) is 20.2. The van der Waals surface area contributed by atoms with Crippen LogP contribution in [0.1, 0.15) is 73.1 Å². The smallest absolute Gasteiger partial charge is 0.213 e. The Hall–Kier alpha value is 0.230. The highest BCUT2D eigenvalue weighted by Crippen LogP contribution is 2.32. The van der Waals surface area contributed by atoms with Gasteiger partial charge in [-0.1, -0.05) is 47.5 Å². The van der Waals surface area contributed by atoms with Crippen LogP contribution in [0.15, 0.2) is 0 Å². The van der Waals surface area contributed by atoms with Crippen molar-refractivity contribution in [3.05, 3.63) is 0 Å². The average molecular weight is 307 g/mol. The fourth-order valence-electron chi connectivity index (χ4n) is 2.01. The summed E-state index contributed by atoms with van der Waals surface area (Å²) in [5.41, 5.74) is -0.840. The molecule has 0 rings (SSSR count). The van der Waals surface area contributed by atoms with E-state index in [9.17, 15) is 14.8 Å². The first-order chi connectivity index (χ1) is 9.13. The van der Waals surface area contributed by atoms with Gasteiger partial charge in [-0.3, -0.25) is 0 Å². The minimum Gasteiger partial charge on any atom is -0.614 e. The third-order valence-electron chi connectivity index (χ3n) is 3.80. The van der Waals surface area contributed by atoms with Gasteiger partial charge in [0.2, 0.25) is 5.44 Å². The second-order valence-electron chi connectivity index (χ2n) is 7.46. The molecule has 0 heterocycles. The maximum absolute atomic E-state index is 12.2. The Kier molecular flexibility index (Phi) is 9.40. The molecule has 0 saturated carbocycles. The SMILES string of the molecule is CCCCCC(O)[S+]([O-])CC(C)(C)CCC(C)(C)CO. The summed E-state index contributed by atoms with van der Waals surface area (Å²) >= 11 is -1.17. The first-order valence-corrected chi connectivity index (χ1v) is 9.18. The lowest BCUT2D eigenvalue weighted by atomic mass is 9.80. The zero-order chi connectivity index (χ0) is 15.8. The van der Waals surface area contributed by atoms with Gasteiger partial charge in [-0.15, -0.1) is 0 Å². The van der Waals surface area contributed by atoms with Gasteiger partial charge in [0.25, 0.3) is 0 Å². The van der Waals surface area contributed by atoms with Gasteiger partial charge < -0.3 is 14.8 Å². The summed E-state index contributed by atoms with van der Waals surface area (Å²) in [6.45, 7) is 10.6. The second-order valence-corrected chi connectivity index (χ2v) is 9.06. The van der Waals surface area contributed by atoms with Crippen LogP contribution in [0.3, 0.4) is 0 Å². The van der Waals surface area contributed by atoms with E-state index in [1.807, 2.05) is 13.8 Å². The van der Waals surface area contributed by atoms with Crippen molar-refractivity contribution in [1.82, 2.24) is 0 Å².